The molecule has 0 fully saturated rings. The number of aryl methyl sites for hydroxylation is 3. The largest absolute Gasteiger partial charge is 0.466 e. The molecule has 0 saturated heterocycles. The van der Waals surface area contributed by atoms with Crippen LogP contribution in [0.5, 0.6) is 0 Å². The fraction of sp³-hybridized carbons (Fsp3) is 0.714. The third-order valence-corrected chi connectivity index (χ3v) is 2.81. The molecule has 1 aromatic heterocycles. The van der Waals surface area contributed by atoms with E-state index in [-0.39, 0.29) is 0 Å². The van der Waals surface area contributed by atoms with Crippen LogP contribution in [0.15, 0.2) is 10.5 Å². The Kier molecular flexibility index (Phi) is 6.97. The monoisotopic (exact) mass is 240 g/mol. The van der Waals surface area contributed by atoms with Crippen molar-refractivity contribution in [1.29, 1.82) is 0 Å². The number of rotatable bonds is 9. The van der Waals surface area contributed by atoms with Gasteiger partial charge in [0.05, 0.1) is 0 Å². The van der Waals surface area contributed by atoms with Crippen molar-refractivity contribution in [2.24, 2.45) is 0 Å². The second kappa shape index (κ2) is 8.31. The minimum atomic E-state index is 0.400. The van der Waals surface area contributed by atoms with Gasteiger partial charge in [-0.3, -0.25) is 0 Å². The molecule has 0 bridgehead atoms. The van der Waals surface area contributed by atoms with Crippen molar-refractivity contribution in [1.82, 2.24) is 0 Å². The average Bonchev–Trinajstić information content (AvgIpc) is 2.69. The second-order valence-corrected chi connectivity index (χ2v) is 4.30. The first-order chi connectivity index (χ1) is 8.27. The number of methoxy groups -OCH3 is 1. The van der Waals surface area contributed by atoms with Crippen molar-refractivity contribution in [3.05, 3.63) is 23.2 Å². The van der Waals surface area contributed by atoms with Crippen LogP contribution in [0, 0.1) is 6.92 Å². The summed E-state index contributed by atoms with van der Waals surface area (Å²) in [7, 11) is 1.64. The van der Waals surface area contributed by atoms with Crippen molar-refractivity contribution in [2.75, 3.05) is 20.5 Å². The molecule has 0 aliphatic rings. The lowest BCUT2D eigenvalue weighted by molar-refractivity contribution is -0.0315. The Morgan fingerprint density at radius 3 is 2.71 bits per heavy atom. The summed E-state index contributed by atoms with van der Waals surface area (Å²) in [6.07, 6.45) is 5.44. The summed E-state index contributed by atoms with van der Waals surface area (Å²) in [6.45, 7) is 5.43. The lowest BCUT2D eigenvalue weighted by Crippen LogP contribution is -1.98. The molecule has 0 spiro atoms. The molecule has 0 amide bonds. The highest BCUT2D eigenvalue weighted by molar-refractivity contribution is 5.20. The fourth-order valence-electron chi connectivity index (χ4n) is 1.82. The lowest BCUT2D eigenvalue weighted by Gasteiger charge is -2.02. The Balaban J connectivity index is 2.11. The second-order valence-electron chi connectivity index (χ2n) is 4.30. The molecule has 0 atom stereocenters. The van der Waals surface area contributed by atoms with Crippen LogP contribution < -0.4 is 0 Å². The van der Waals surface area contributed by atoms with Gasteiger partial charge < -0.3 is 13.9 Å². The molecule has 3 nitrogen and oxygen atoms in total. The maximum Gasteiger partial charge on any atom is 0.146 e. The number of ether oxygens (including phenoxy) is 2. The molecule has 0 aliphatic carbocycles. The number of hydrogen-bond donors (Lipinski definition) is 0. The predicted octanol–water partition coefficient (Wildman–Crippen LogP) is 3.48. The van der Waals surface area contributed by atoms with Gasteiger partial charge in [-0.2, -0.15) is 0 Å². The Hall–Kier alpha value is -0.800. The standard InChI is InChI=1S/C14H24O3/c1-4-13-10-12(2)14(17-13)8-6-5-7-9-16-11-15-3/h10H,4-9,11H2,1-3H3. The molecule has 98 valence electrons. The third-order valence-electron chi connectivity index (χ3n) is 2.81. The summed E-state index contributed by atoms with van der Waals surface area (Å²) in [5, 5.41) is 0. The number of furan rings is 1. The van der Waals surface area contributed by atoms with Gasteiger partial charge in [0, 0.05) is 26.6 Å². The maximum atomic E-state index is 5.76. The Bertz CT molecular complexity index is 304. The Morgan fingerprint density at radius 2 is 2.06 bits per heavy atom. The van der Waals surface area contributed by atoms with Gasteiger partial charge >= 0.3 is 0 Å². The molecule has 3 heteroatoms. The minimum Gasteiger partial charge on any atom is -0.466 e. The molecule has 1 heterocycles. The van der Waals surface area contributed by atoms with Crippen LogP contribution in [0.25, 0.3) is 0 Å². The molecule has 0 N–H and O–H groups in total. The summed E-state index contributed by atoms with van der Waals surface area (Å²) in [5.74, 6) is 2.25. The van der Waals surface area contributed by atoms with Crippen molar-refractivity contribution in [3.8, 4) is 0 Å². The zero-order valence-electron chi connectivity index (χ0n) is 11.3. The van der Waals surface area contributed by atoms with E-state index in [1.165, 1.54) is 12.0 Å². The summed E-state index contributed by atoms with van der Waals surface area (Å²) in [6, 6.07) is 2.15. The highest BCUT2D eigenvalue weighted by Crippen LogP contribution is 2.17. The van der Waals surface area contributed by atoms with Crippen molar-refractivity contribution >= 4 is 0 Å². The van der Waals surface area contributed by atoms with Crippen molar-refractivity contribution < 1.29 is 13.9 Å². The van der Waals surface area contributed by atoms with Crippen LogP contribution in [-0.2, 0) is 22.3 Å². The Labute approximate surface area is 104 Å². The quantitative estimate of drug-likeness (QED) is 0.489. The summed E-state index contributed by atoms with van der Waals surface area (Å²) in [4.78, 5) is 0. The molecular formula is C14H24O3. The Morgan fingerprint density at radius 1 is 1.24 bits per heavy atom. The highest BCUT2D eigenvalue weighted by atomic mass is 16.7. The van der Waals surface area contributed by atoms with Crippen molar-refractivity contribution in [2.45, 2.75) is 46.0 Å². The zero-order chi connectivity index (χ0) is 12.5. The molecular weight excluding hydrogens is 216 g/mol. The van der Waals surface area contributed by atoms with E-state index in [9.17, 15) is 0 Å². The average molecular weight is 240 g/mol. The van der Waals surface area contributed by atoms with Gasteiger partial charge in [0.25, 0.3) is 0 Å². The van der Waals surface area contributed by atoms with Gasteiger partial charge in [-0.25, -0.2) is 0 Å². The molecule has 0 aromatic carbocycles. The van der Waals surface area contributed by atoms with Gasteiger partial charge in [0.2, 0.25) is 0 Å². The molecule has 17 heavy (non-hydrogen) atoms. The lowest BCUT2D eigenvalue weighted by atomic mass is 10.1. The minimum absolute atomic E-state index is 0.400. The first kappa shape index (κ1) is 14.3. The topological polar surface area (TPSA) is 31.6 Å². The smallest absolute Gasteiger partial charge is 0.146 e. The fourth-order valence-corrected chi connectivity index (χ4v) is 1.82. The van der Waals surface area contributed by atoms with E-state index in [1.807, 2.05) is 0 Å². The van der Waals surface area contributed by atoms with E-state index in [2.05, 4.69) is 19.9 Å². The van der Waals surface area contributed by atoms with Gasteiger partial charge in [0.1, 0.15) is 18.3 Å². The molecule has 0 saturated carbocycles. The van der Waals surface area contributed by atoms with E-state index < -0.39 is 0 Å². The van der Waals surface area contributed by atoms with Crippen LogP contribution in [0.3, 0.4) is 0 Å². The number of unbranched alkanes of at least 4 members (excludes halogenated alkanes) is 2. The van der Waals surface area contributed by atoms with E-state index in [0.29, 0.717) is 6.79 Å². The maximum absolute atomic E-state index is 5.76. The molecule has 1 aromatic rings. The summed E-state index contributed by atoms with van der Waals surface area (Å²) < 4.78 is 15.8. The van der Waals surface area contributed by atoms with E-state index >= 15 is 0 Å². The van der Waals surface area contributed by atoms with Crippen molar-refractivity contribution in [3.63, 3.8) is 0 Å². The van der Waals surface area contributed by atoms with Crippen LogP contribution in [-0.4, -0.2) is 20.5 Å². The number of hydrogen-bond acceptors (Lipinski definition) is 3. The van der Waals surface area contributed by atoms with E-state index in [4.69, 9.17) is 13.9 Å². The molecule has 0 unspecified atom stereocenters. The van der Waals surface area contributed by atoms with Crippen LogP contribution in [0.2, 0.25) is 0 Å². The summed E-state index contributed by atoms with van der Waals surface area (Å²) in [5.41, 5.74) is 1.29. The van der Waals surface area contributed by atoms with E-state index in [0.717, 1.165) is 43.8 Å². The van der Waals surface area contributed by atoms with Crippen LogP contribution >= 0.6 is 0 Å². The van der Waals surface area contributed by atoms with E-state index in [1.54, 1.807) is 7.11 Å². The first-order valence-corrected chi connectivity index (χ1v) is 6.42. The van der Waals surface area contributed by atoms with Gasteiger partial charge in [-0.15, -0.1) is 0 Å². The van der Waals surface area contributed by atoms with Crippen LogP contribution in [0.4, 0.5) is 0 Å². The SMILES string of the molecule is CCc1cc(C)c(CCCCCOCOC)o1. The normalized spacial score (nSPS) is 11.0. The third kappa shape index (κ3) is 5.37. The van der Waals surface area contributed by atoms with Gasteiger partial charge in [-0.1, -0.05) is 13.3 Å². The highest BCUT2D eigenvalue weighted by Gasteiger charge is 2.05. The molecule has 1 rings (SSSR count). The molecule has 0 aliphatic heterocycles. The van der Waals surface area contributed by atoms with Crippen LogP contribution in [0.1, 0.15) is 43.3 Å². The summed E-state index contributed by atoms with van der Waals surface area (Å²) >= 11 is 0. The zero-order valence-corrected chi connectivity index (χ0v) is 11.3. The first-order valence-electron chi connectivity index (χ1n) is 6.42. The molecule has 0 radical (unpaired) electrons. The predicted molar refractivity (Wildman–Crippen MR) is 68.2 cm³/mol. The van der Waals surface area contributed by atoms with Gasteiger partial charge in [0.15, 0.2) is 0 Å². The van der Waals surface area contributed by atoms with Gasteiger partial charge in [-0.05, 0) is 31.4 Å².